The van der Waals surface area contributed by atoms with Gasteiger partial charge in [-0.1, -0.05) is 29.8 Å². The zero-order valence-corrected chi connectivity index (χ0v) is 19.7. The highest BCUT2D eigenvalue weighted by Gasteiger charge is 2.33. The zero-order valence-electron chi connectivity index (χ0n) is 18.1. The van der Waals surface area contributed by atoms with Crippen molar-refractivity contribution in [1.29, 1.82) is 0 Å². The molecule has 0 saturated carbocycles. The number of amides is 1. The highest BCUT2D eigenvalue weighted by molar-refractivity contribution is 7.97. The third-order valence-corrected chi connectivity index (χ3v) is 8.39. The van der Waals surface area contributed by atoms with Crippen molar-refractivity contribution in [2.75, 3.05) is 24.7 Å². The van der Waals surface area contributed by atoms with E-state index in [1.165, 1.54) is 9.87 Å². The number of carbonyl (C=O) groups excluding carboxylic acids is 1. The Morgan fingerprint density at radius 3 is 2.17 bits per heavy atom. The SMILES string of the molecule is CSCc1ccc(NC(=O)C2CCN(S(=O)(=O)c3c(C)cc(C)cc3C)CC2)cc1. The minimum absolute atomic E-state index is 0.0349. The number of anilines is 1. The van der Waals surface area contributed by atoms with Gasteiger partial charge < -0.3 is 5.32 Å². The molecule has 2 aromatic rings. The van der Waals surface area contributed by atoms with Crippen LogP contribution in [0.25, 0.3) is 0 Å². The molecule has 5 nitrogen and oxygen atoms in total. The van der Waals surface area contributed by atoms with E-state index in [-0.39, 0.29) is 11.8 Å². The third-order valence-electron chi connectivity index (χ3n) is 5.56. The maximum atomic E-state index is 13.2. The number of hydrogen-bond acceptors (Lipinski definition) is 4. The van der Waals surface area contributed by atoms with Crippen molar-refractivity contribution < 1.29 is 13.2 Å². The molecule has 162 valence electrons. The van der Waals surface area contributed by atoms with Gasteiger partial charge in [-0.3, -0.25) is 4.79 Å². The van der Waals surface area contributed by atoms with Gasteiger partial charge in [-0.15, -0.1) is 0 Å². The van der Waals surface area contributed by atoms with E-state index in [0.717, 1.165) is 28.1 Å². The van der Waals surface area contributed by atoms with Crippen LogP contribution < -0.4 is 5.32 Å². The molecule has 1 aliphatic rings. The van der Waals surface area contributed by atoms with Crippen molar-refractivity contribution in [3.63, 3.8) is 0 Å². The average molecular weight is 447 g/mol. The van der Waals surface area contributed by atoms with Crippen molar-refractivity contribution in [1.82, 2.24) is 4.31 Å². The Morgan fingerprint density at radius 1 is 1.07 bits per heavy atom. The predicted octanol–water partition coefficient (Wildman–Crippen LogP) is 4.51. The van der Waals surface area contributed by atoms with Gasteiger partial charge >= 0.3 is 0 Å². The molecule has 0 radical (unpaired) electrons. The highest BCUT2D eigenvalue weighted by Crippen LogP contribution is 2.29. The van der Waals surface area contributed by atoms with E-state index in [0.29, 0.717) is 30.8 Å². The first kappa shape index (κ1) is 22.8. The van der Waals surface area contributed by atoms with Crippen LogP contribution in [0.5, 0.6) is 0 Å². The first-order valence-electron chi connectivity index (χ1n) is 10.2. The molecule has 3 rings (SSSR count). The Labute approximate surface area is 184 Å². The van der Waals surface area contributed by atoms with E-state index < -0.39 is 10.0 Å². The topological polar surface area (TPSA) is 66.5 Å². The zero-order chi connectivity index (χ0) is 21.9. The first-order chi connectivity index (χ1) is 14.2. The molecule has 2 aromatic carbocycles. The van der Waals surface area contributed by atoms with E-state index in [2.05, 4.69) is 11.6 Å². The number of carbonyl (C=O) groups is 1. The largest absolute Gasteiger partial charge is 0.326 e. The Bertz CT molecular complexity index is 986. The summed E-state index contributed by atoms with van der Waals surface area (Å²) in [4.78, 5) is 13.1. The molecule has 0 aliphatic carbocycles. The fraction of sp³-hybridized carbons (Fsp3) is 0.435. The summed E-state index contributed by atoms with van der Waals surface area (Å²) in [6.07, 6.45) is 3.11. The summed E-state index contributed by atoms with van der Waals surface area (Å²) in [5.74, 6) is 0.732. The number of nitrogens with one attached hydrogen (secondary N) is 1. The molecule has 1 heterocycles. The quantitative estimate of drug-likeness (QED) is 0.709. The van der Waals surface area contributed by atoms with Crippen LogP contribution in [0, 0.1) is 26.7 Å². The standard InChI is InChI=1S/C23H30N2O3S2/c1-16-13-17(2)22(18(3)14-16)30(27,28)25-11-9-20(10-12-25)23(26)24-21-7-5-19(6-8-21)15-29-4/h5-8,13-14,20H,9-12,15H2,1-4H3,(H,24,26). The number of aryl methyl sites for hydroxylation is 3. The molecule has 7 heteroatoms. The van der Waals surface area contributed by atoms with E-state index in [1.807, 2.05) is 57.2 Å². The summed E-state index contributed by atoms with van der Waals surface area (Å²) in [5, 5.41) is 2.98. The van der Waals surface area contributed by atoms with Gasteiger partial charge in [0.15, 0.2) is 0 Å². The molecule has 0 unspecified atom stereocenters. The van der Waals surface area contributed by atoms with Gasteiger partial charge in [-0.25, -0.2) is 8.42 Å². The van der Waals surface area contributed by atoms with E-state index >= 15 is 0 Å². The number of thioether (sulfide) groups is 1. The summed E-state index contributed by atoms with van der Waals surface area (Å²) >= 11 is 1.76. The van der Waals surface area contributed by atoms with Crippen LogP contribution in [-0.2, 0) is 20.6 Å². The Morgan fingerprint density at radius 2 is 1.63 bits per heavy atom. The fourth-order valence-electron chi connectivity index (χ4n) is 4.16. The number of hydrogen-bond donors (Lipinski definition) is 1. The molecule has 0 spiro atoms. The maximum Gasteiger partial charge on any atom is 0.243 e. The van der Waals surface area contributed by atoms with Gasteiger partial charge in [0.05, 0.1) is 4.90 Å². The van der Waals surface area contributed by atoms with Crippen molar-refractivity contribution in [3.8, 4) is 0 Å². The average Bonchev–Trinajstić information content (AvgIpc) is 2.69. The molecular weight excluding hydrogens is 416 g/mol. The second-order valence-corrected chi connectivity index (χ2v) is 10.8. The molecule has 30 heavy (non-hydrogen) atoms. The Balaban J connectivity index is 1.63. The summed E-state index contributed by atoms with van der Waals surface area (Å²) < 4.78 is 28.0. The van der Waals surface area contributed by atoms with Crippen LogP contribution in [-0.4, -0.2) is 38.0 Å². The second-order valence-electron chi connectivity index (χ2n) is 8.03. The monoisotopic (exact) mass is 446 g/mol. The van der Waals surface area contributed by atoms with Crippen molar-refractivity contribution in [3.05, 3.63) is 58.7 Å². The molecule has 0 bridgehead atoms. The van der Waals surface area contributed by atoms with Gasteiger partial charge in [-0.2, -0.15) is 16.1 Å². The minimum atomic E-state index is -3.56. The van der Waals surface area contributed by atoms with Crippen LogP contribution >= 0.6 is 11.8 Å². The van der Waals surface area contributed by atoms with Gasteiger partial charge in [0.2, 0.25) is 15.9 Å². The van der Waals surface area contributed by atoms with E-state index in [9.17, 15) is 13.2 Å². The molecule has 1 aliphatic heterocycles. The van der Waals surface area contributed by atoms with Crippen LogP contribution in [0.2, 0.25) is 0 Å². The lowest BCUT2D eigenvalue weighted by Gasteiger charge is -2.31. The molecule has 1 N–H and O–H groups in total. The third kappa shape index (κ3) is 5.07. The summed E-state index contributed by atoms with van der Waals surface area (Å²) in [7, 11) is -3.56. The molecule has 1 fully saturated rings. The lowest BCUT2D eigenvalue weighted by Crippen LogP contribution is -2.41. The summed E-state index contributed by atoms with van der Waals surface area (Å²) in [6.45, 7) is 6.38. The lowest BCUT2D eigenvalue weighted by molar-refractivity contribution is -0.120. The number of nitrogens with zero attached hydrogens (tertiary/aromatic N) is 1. The van der Waals surface area contributed by atoms with Gasteiger partial charge in [0.1, 0.15) is 0 Å². The summed E-state index contributed by atoms with van der Waals surface area (Å²) in [6, 6.07) is 11.7. The Kier molecular flexibility index (Phi) is 7.26. The smallest absolute Gasteiger partial charge is 0.243 e. The van der Waals surface area contributed by atoms with Crippen LogP contribution in [0.15, 0.2) is 41.3 Å². The summed E-state index contributed by atoms with van der Waals surface area (Å²) in [5.41, 5.74) is 4.61. The van der Waals surface area contributed by atoms with Crippen molar-refractivity contribution >= 4 is 33.4 Å². The lowest BCUT2D eigenvalue weighted by atomic mass is 9.97. The number of rotatable bonds is 6. The van der Waals surface area contributed by atoms with Crippen LogP contribution in [0.1, 0.15) is 35.1 Å². The second kappa shape index (κ2) is 9.54. The molecular formula is C23H30N2O3S2. The number of piperidine rings is 1. The van der Waals surface area contributed by atoms with Crippen LogP contribution in [0.4, 0.5) is 5.69 Å². The van der Waals surface area contributed by atoms with Gasteiger partial charge in [-0.05, 0) is 68.7 Å². The Hall–Kier alpha value is -1.83. The normalized spacial score (nSPS) is 15.9. The van der Waals surface area contributed by atoms with E-state index in [1.54, 1.807) is 11.8 Å². The highest BCUT2D eigenvalue weighted by atomic mass is 32.2. The molecule has 1 amide bonds. The van der Waals surface area contributed by atoms with Gasteiger partial charge in [0, 0.05) is 30.4 Å². The molecule has 0 atom stereocenters. The maximum absolute atomic E-state index is 13.2. The number of benzene rings is 2. The first-order valence-corrected chi connectivity index (χ1v) is 13.0. The fourth-order valence-corrected chi connectivity index (χ4v) is 6.56. The van der Waals surface area contributed by atoms with Crippen molar-refractivity contribution in [2.45, 2.75) is 44.3 Å². The predicted molar refractivity (Wildman–Crippen MR) is 124 cm³/mol. The van der Waals surface area contributed by atoms with Crippen molar-refractivity contribution in [2.24, 2.45) is 5.92 Å². The van der Waals surface area contributed by atoms with Crippen LogP contribution in [0.3, 0.4) is 0 Å². The minimum Gasteiger partial charge on any atom is -0.326 e. The molecule has 1 saturated heterocycles. The van der Waals surface area contributed by atoms with Gasteiger partial charge in [0.25, 0.3) is 0 Å². The molecule has 0 aromatic heterocycles. The number of sulfonamides is 1. The van der Waals surface area contributed by atoms with E-state index in [4.69, 9.17) is 0 Å².